The third kappa shape index (κ3) is 4.08. The molecule has 2 N–H and O–H groups in total. The van der Waals surface area contributed by atoms with E-state index in [0.29, 0.717) is 17.7 Å². The topological polar surface area (TPSA) is 75.6 Å². The van der Waals surface area contributed by atoms with Gasteiger partial charge in [0.15, 0.2) is 0 Å². The Labute approximate surface area is 123 Å². The Bertz CT molecular complexity index is 565. The molecule has 0 saturated carbocycles. The van der Waals surface area contributed by atoms with Gasteiger partial charge >= 0.3 is 5.97 Å². The van der Waals surface area contributed by atoms with Crippen molar-refractivity contribution in [2.45, 2.75) is 32.4 Å². The van der Waals surface area contributed by atoms with Gasteiger partial charge in [0.25, 0.3) is 5.91 Å². The van der Waals surface area contributed by atoms with E-state index in [1.807, 2.05) is 13.8 Å². The monoisotopic (exact) mass is 289 g/mol. The van der Waals surface area contributed by atoms with Crippen molar-refractivity contribution in [2.75, 3.05) is 0 Å². The van der Waals surface area contributed by atoms with Crippen molar-refractivity contribution in [1.82, 2.24) is 5.32 Å². The van der Waals surface area contributed by atoms with Gasteiger partial charge in [0, 0.05) is 11.6 Å². The second kappa shape index (κ2) is 6.43. The van der Waals surface area contributed by atoms with Gasteiger partial charge in [0.05, 0.1) is 12.0 Å². The summed E-state index contributed by atoms with van der Waals surface area (Å²) < 4.78 is 5.55. The molecule has 2 unspecified atom stereocenters. The van der Waals surface area contributed by atoms with E-state index in [-0.39, 0.29) is 18.1 Å². The highest BCUT2D eigenvalue weighted by molar-refractivity contribution is 5.95. The molecule has 1 aromatic carbocycles. The standard InChI is InChI=1S/C16H19NO4/c1-10(2)21-14-5-3-4-11(9-14)15(18)17-13-7-6-12(8-13)16(19)20/h3-7,9-10,12-13H,8H2,1-2H3,(H,17,18)(H,19,20). The van der Waals surface area contributed by atoms with Crippen molar-refractivity contribution in [1.29, 1.82) is 0 Å². The zero-order valence-electron chi connectivity index (χ0n) is 12.1. The summed E-state index contributed by atoms with van der Waals surface area (Å²) in [6.07, 6.45) is 3.78. The van der Waals surface area contributed by atoms with Crippen molar-refractivity contribution in [3.8, 4) is 5.75 Å². The van der Waals surface area contributed by atoms with Crippen molar-refractivity contribution in [3.05, 3.63) is 42.0 Å². The number of aliphatic carboxylic acids is 1. The first kappa shape index (κ1) is 15.1. The molecule has 0 fully saturated rings. The Kier molecular flexibility index (Phi) is 4.62. The summed E-state index contributed by atoms with van der Waals surface area (Å²) in [4.78, 5) is 23.0. The fraction of sp³-hybridized carbons (Fsp3) is 0.375. The SMILES string of the molecule is CC(C)Oc1cccc(C(=O)NC2C=CC(C(=O)O)C2)c1. The van der Waals surface area contributed by atoms with Crippen LogP contribution in [0.3, 0.4) is 0 Å². The number of nitrogens with one attached hydrogen (secondary N) is 1. The molecule has 1 amide bonds. The summed E-state index contributed by atoms with van der Waals surface area (Å²) in [7, 11) is 0. The summed E-state index contributed by atoms with van der Waals surface area (Å²) >= 11 is 0. The van der Waals surface area contributed by atoms with E-state index in [0.717, 1.165) is 0 Å². The molecule has 0 spiro atoms. The first-order valence-corrected chi connectivity index (χ1v) is 6.94. The van der Waals surface area contributed by atoms with E-state index >= 15 is 0 Å². The number of hydrogen-bond acceptors (Lipinski definition) is 3. The average Bonchev–Trinajstić information content (AvgIpc) is 2.87. The molecule has 0 aromatic heterocycles. The first-order chi connectivity index (χ1) is 9.95. The van der Waals surface area contributed by atoms with Gasteiger partial charge in [-0.3, -0.25) is 9.59 Å². The fourth-order valence-corrected chi connectivity index (χ4v) is 2.22. The molecule has 112 valence electrons. The summed E-state index contributed by atoms with van der Waals surface area (Å²) in [5.41, 5.74) is 0.500. The second-order valence-electron chi connectivity index (χ2n) is 5.34. The highest BCUT2D eigenvalue weighted by Gasteiger charge is 2.25. The Hall–Kier alpha value is -2.30. The number of benzene rings is 1. The molecule has 0 bridgehead atoms. The Morgan fingerprint density at radius 3 is 2.71 bits per heavy atom. The molecule has 21 heavy (non-hydrogen) atoms. The lowest BCUT2D eigenvalue weighted by Crippen LogP contribution is -2.33. The summed E-state index contributed by atoms with van der Waals surface area (Å²) in [6.45, 7) is 3.84. The zero-order chi connectivity index (χ0) is 15.4. The Morgan fingerprint density at radius 2 is 2.10 bits per heavy atom. The molecule has 0 aliphatic heterocycles. The molecule has 5 nitrogen and oxygen atoms in total. The number of carbonyl (C=O) groups excluding carboxylic acids is 1. The normalized spacial score (nSPS) is 20.5. The minimum absolute atomic E-state index is 0.0393. The number of rotatable bonds is 5. The minimum atomic E-state index is -0.865. The predicted molar refractivity (Wildman–Crippen MR) is 78.3 cm³/mol. The lowest BCUT2D eigenvalue weighted by molar-refractivity contribution is -0.140. The second-order valence-corrected chi connectivity index (χ2v) is 5.34. The molecule has 0 radical (unpaired) electrons. The quantitative estimate of drug-likeness (QED) is 0.815. The van der Waals surface area contributed by atoms with Crippen LogP contribution in [0.15, 0.2) is 36.4 Å². The van der Waals surface area contributed by atoms with E-state index in [9.17, 15) is 9.59 Å². The molecule has 0 saturated heterocycles. The number of amides is 1. The largest absolute Gasteiger partial charge is 0.491 e. The van der Waals surface area contributed by atoms with Crippen LogP contribution < -0.4 is 10.1 Å². The molecule has 1 aliphatic carbocycles. The molecular weight excluding hydrogens is 270 g/mol. The maximum atomic E-state index is 12.2. The summed E-state index contributed by atoms with van der Waals surface area (Å²) in [5.74, 6) is -0.978. The fourth-order valence-electron chi connectivity index (χ4n) is 2.22. The van der Waals surface area contributed by atoms with E-state index in [1.54, 1.807) is 36.4 Å². The van der Waals surface area contributed by atoms with Gasteiger partial charge in [0.2, 0.25) is 0 Å². The van der Waals surface area contributed by atoms with Crippen LogP contribution in [0.4, 0.5) is 0 Å². The smallest absolute Gasteiger partial charge is 0.310 e. The molecule has 2 rings (SSSR count). The van der Waals surface area contributed by atoms with Gasteiger partial charge in [-0.15, -0.1) is 0 Å². The highest BCUT2D eigenvalue weighted by atomic mass is 16.5. The van der Waals surface area contributed by atoms with Crippen LogP contribution in [0.1, 0.15) is 30.6 Å². The van der Waals surface area contributed by atoms with Crippen LogP contribution in [0, 0.1) is 5.92 Å². The number of ether oxygens (including phenoxy) is 1. The number of carboxylic acid groups (broad SMARTS) is 1. The molecule has 1 aromatic rings. The highest BCUT2D eigenvalue weighted by Crippen LogP contribution is 2.19. The maximum Gasteiger partial charge on any atom is 0.310 e. The minimum Gasteiger partial charge on any atom is -0.491 e. The zero-order valence-corrected chi connectivity index (χ0v) is 12.1. The van der Waals surface area contributed by atoms with Gasteiger partial charge in [0.1, 0.15) is 5.75 Å². The van der Waals surface area contributed by atoms with Gasteiger partial charge < -0.3 is 15.2 Å². The van der Waals surface area contributed by atoms with Gasteiger partial charge in [-0.1, -0.05) is 18.2 Å². The van der Waals surface area contributed by atoms with Crippen molar-refractivity contribution < 1.29 is 19.4 Å². The number of hydrogen-bond donors (Lipinski definition) is 2. The predicted octanol–water partition coefficient (Wildman–Crippen LogP) is 2.23. The van der Waals surface area contributed by atoms with Crippen LogP contribution in [-0.2, 0) is 4.79 Å². The van der Waals surface area contributed by atoms with E-state index in [2.05, 4.69) is 5.32 Å². The molecule has 2 atom stereocenters. The lowest BCUT2D eigenvalue weighted by atomic mass is 10.1. The van der Waals surface area contributed by atoms with Crippen LogP contribution >= 0.6 is 0 Å². The van der Waals surface area contributed by atoms with E-state index < -0.39 is 11.9 Å². The lowest BCUT2D eigenvalue weighted by Gasteiger charge is -2.14. The Morgan fingerprint density at radius 1 is 1.33 bits per heavy atom. The summed E-state index contributed by atoms with van der Waals surface area (Å²) in [6, 6.07) is 6.70. The average molecular weight is 289 g/mol. The molecule has 1 aliphatic rings. The maximum absolute atomic E-state index is 12.2. The van der Waals surface area contributed by atoms with Crippen LogP contribution in [-0.4, -0.2) is 29.1 Å². The third-order valence-electron chi connectivity index (χ3n) is 3.19. The number of carbonyl (C=O) groups is 2. The van der Waals surface area contributed by atoms with Crippen LogP contribution in [0.5, 0.6) is 5.75 Å². The third-order valence-corrected chi connectivity index (χ3v) is 3.19. The van der Waals surface area contributed by atoms with E-state index in [4.69, 9.17) is 9.84 Å². The van der Waals surface area contributed by atoms with Crippen molar-refractivity contribution >= 4 is 11.9 Å². The van der Waals surface area contributed by atoms with Crippen molar-refractivity contribution in [2.24, 2.45) is 5.92 Å². The summed E-state index contributed by atoms with van der Waals surface area (Å²) in [5, 5.41) is 11.7. The first-order valence-electron chi connectivity index (χ1n) is 6.94. The molecule has 5 heteroatoms. The van der Waals surface area contributed by atoms with Gasteiger partial charge in [-0.2, -0.15) is 0 Å². The Balaban J connectivity index is 1.98. The van der Waals surface area contributed by atoms with E-state index in [1.165, 1.54) is 0 Å². The van der Waals surface area contributed by atoms with Crippen LogP contribution in [0.2, 0.25) is 0 Å². The van der Waals surface area contributed by atoms with Gasteiger partial charge in [-0.05, 0) is 38.5 Å². The molecular formula is C16H19NO4. The van der Waals surface area contributed by atoms with Crippen molar-refractivity contribution in [3.63, 3.8) is 0 Å². The van der Waals surface area contributed by atoms with Crippen LogP contribution in [0.25, 0.3) is 0 Å². The number of carboxylic acids is 1. The molecule has 0 heterocycles. The van der Waals surface area contributed by atoms with Gasteiger partial charge in [-0.25, -0.2) is 0 Å².